The van der Waals surface area contributed by atoms with E-state index in [1.807, 2.05) is 19.1 Å². The van der Waals surface area contributed by atoms with Crippen molar-refractivity contribution in [1.29, 1.82) is 0 Å². The number of nitrogens with one attached hydrogen (secondary N) is 2. The number of hydrazone groups is 1. The number of rotatable bonds is 12. The molecule has 0 spiro atoms. The summed E-state index contributed by atoms with van der Waals surface area (Å²) in [5, 5.41) is 7.52. The van der Waals surface area contributed by atoms with E-state index in [2.05, 4.69) is 77.3 Å². The number of hydrogen-bond donors (Lipinski definition) is 2. The third kappa shape index (κ3) is 8.70. The zero-order chi connectivity index (χ0) is 24.2. The van der Waals surface area contributed by atoms with Crippen molar-refractivity contribution in [2.45, 2.75) is 33.6 Å². The molecule has 0 radical (unpaired) electrons. The Morgan fingerprint density at radius 3 is 2.61 bits per heavy atom. The van der Waals surface area contributed by atoms with Crippen molar-refractivity contribution in [2.75, 3.05) is 26.4 Å². The topological polar surface area (TPSA) is 64.1 Å². The average Bonchev–Trinajstić information content (AvgIpc) is 2.76. The Labute approximate surface area is 210 Å². The van der Waals surface area contributed by atoms with Crippen LogP contribution in [-0.2, 0) is 0 Å². The van der Waals surface area contributed by atoms with E-state index in [1.54, 1.807) is 12.3 Å². The van der Waals surface area contributed by atoms with Crippen LogP contribution in [0.4, 0.5) is 0 Å². The Balaban J connectivity index is 2.03. The fraction of sp³-hybridized carbons (Fsp3) is 0.360. The molecule has 2 N–H and O–H groups in total. The van der Waals surface area contributed by atoms with Gasteiger partial charge in [-0.2, -0.15) is 5.10 Å². The first-order chi connectivity index (χ1) is 15.8. The lowest BCUT2D eigenvalue weighted by Crippen LogP contribution is -2.31. The Bertz CT molecular complexity index is 980. The van der Waals surface area contributed by atoms with Crippen LogP contribution in [-0.4, -0.2) is 37.7 Å². The Kier molecular flexibility index (Phi) is 11.2. The molecule has 2 aromatic carbocycles. The lowest BCUT2D eigenvalue weighted by Gasteiger charge is -2.17. The number of benzene rings is 2. The van der Waals surface area contributed by atoms with E-state index >= 15 is 0 Å². The highest BCUT2D eigenvalue weighted by molar-refractivity contribution is 9.10. The normalized spacial score (nSPS) is 10.8. The van der Waals surface area contributed by atoms with Crippen LogP contribution in [0.5, 0.6) is 17.2 Å². The average molecular weight is 535 g/mol. The van der Waals surface area contributed by atoms with Gasteiger partial charge in [0.1, 0.15) is 19.0 Å². The van der Waals surface area contributed by atoms with Gasteiger partial charge in [0.05, 0.1) is 17.3 Å². The largest absolute Gasteiger partial charge is 0.490 e. The molecule has 0 aliphatic heterocycles. The van der Waals surface area contributed by atoms with Gasteiger partial charge in [-0.15, -0.1) is 6.58 Å². The summed E-state index contributed by atoms with van der Waals surface area (Å²) in [6.07, 6.45) is 3.38. The Hall–Kier alpha value is -2.58. The number of ether oxygens (including phenoxy) is 3. The van der Waals surface area contributed by atoms with Crippen LogP contribution in [0.15, 0.2) is 52.6 Å². The van der Waals surface area contributed by atoms with Gasteiger partial charge in [-0.1, -0.05) is 32.1 Å². The lowest BCUT2D eigenvalue weighted by atomic mass is 10.0. The van der Waals surface area contributed by atoms with Crippen LogP contribution < -0.4 is 25.0 Å². The van der Waals surface area contributed by atoms with Crippen LogP contribution in [0, 0.1) is 6.92 Å². The molecule has 0 amide bonds. The van der Waals surface area contributed by atoms with Crippen LogP contribution in [0.2, 0.25) is 0 Å². The molecule has 2 aromatic rings. The third-order valence-corrected chi connectivity index (χ3v) is 5.32. The van der Waals surface area contributed by atoms with Gasteiger partial charge < -0.3 is 19.5 Å². The van der Waals surface area contributed by atoms with Crippen molar-refractivity contribution in [2.24, 2.45) is 5.10 Å². The predicted molar refractivity (Wildman–Crippen MR) is 143 cm³/mol. The predicted octanol–water partition coefficient (Wildman–Crippen LogP) is 5.72. The zero-order valence-electron chi connectivity index (χ0n) is 19.6. The quantitative estimate of drug-likeness (QED) is 0.119. The zero-order valence-corrected chi connectivity index (χ0v) is 22.0. The maximum absolute atomic E-state index is 6.03. The smallest absolute Gasteiger partial charge is 0.187 e. The van der Waals surface area contributed by atoms with E-state index < -0.39 is 0 Å². The Morgan fingerprint density at radius 2 is 1.91 bits per heavy atom. The van der Waals surface area contributed by atoms with E-state index in [-0.39, 0.29) is 0 Å². The highest BCUT2D eigenvalue weighted by atomic mass is 79.9. The first-order valence-corrected chi connectivity index (χ1v) is 12.1. The van der Waals surface area contributed by atoms with E-state index in [0.717, 1.165) is 15.8 Å². The molecular formula is C25H32BrN3O3S. The number of nitrogens with zero attached hydrogens (tertiary/aromatic N) is 1. The minimum atomic E-state index is 0.377. The van der Waals surface area contributed by atoms with Gasteiger partial charge in [-0.3, -0.25) is 5.43 Å². The molecular weight excluding hydrogens is 502 g/mol. The summed E-state index contributed by atoms with van der Waals surface area (Å²) in [7, 11) is 0. The Morgan fingerprint density at radius 1 is 1.15 bits per heavy atom. The van der Waals surface area contributed by atoms with Crippen molar-refractivity contribution in [3.8, 4) is 17.2 Å². The monoisotopic (exact) mass is 533 g/mol. The second kappa shape index (κ2) is 13.9. The summed E-state index contributed by atoms with van der Waals surface area (Å²) in [6, 6.07) is 10.1. The van der Waals surface area contributed by atoms with Gasteiger partial charge in [0, 0.05) is 6.54 Å². The SMILES string of the molecule is C=CCNC(=S)N/N=C\c1cc(Br)c(OCCOc2cc(C)ccc2C(C)C)c(OCC)c1. The number of aryl methyl sites for hydroxylation is 1. The van der Waals surface area contributed by atoms with Crippen molar-refractivity contribution in [3.05, 3.63) is 64.1 Å². The molecule has 0 bridgehead atoms. The molecule has 0 heterocycles. The van der Waals surface area contributed by atoms with Crippen molar-refractivity contribution < 1.29 is 14.2 Å². The maximum atomic E-state index is 6.03. The molecule has 6 nitrogen and oxygen atoms in total. The molecule has 0 fully saturated rings. The molecule has 33 heavy (non-hydrogen) atoms. The molecule has 0 saturated heterocycles. The first-order valence-electron chi connectivity index (χ1n) is 10.9. The molecule has 0 atom stereocenters. The maximum Gasteiger partial charge on any atom is 0.187 e. The molecule has 0 aromatic heterocycles. The number of halogens is 1. The third-order valence-electron chi connectivity index (χ3n) is 4.50. The summed E-state index contributed by atoms with van der Waals surface area (Å²) in [4.78, 5) is 0. The minimum Gasteiger partial charge on any atom is -0.490 e. The molecule has 178 valence electrons. The van der Waals surface area contributed by atoms with Crippen molar-refractivity contribution in [3.63, 3.8) is 0 Å². The van der Waals surface area contributed by atoms with E-state index in [9.17, 15) is 0 Å². The summed E-state index contributed by atoms with van der Waals surface area (Å²) in [6.45, 7) is 13.8. The second-order valence-corrected chi connectivity index (χ2v) is 8.79. The van der Waals surface area contributed by atoms with Crippen LogP contribution >= 0.6 is 28.1 Å². The van der Waals surface area contributed by atoms with Crippen LogP contribution in [0.1, 0.15) is 43.4 Å². The van der Waals surface area contributed by atoms with Crippen LogP contribution in [0.3, 0.4) is 0 Å². The van der Waals surface area contributed by atoms with E-state index in [0.29, 0.717) is 48.9 Å². The highest BCUT2D eigenvalue weighted by Gasteiger charge is 2.13. The van der Waals surface area contributed by atoms with Gasteiger partial charge in [-0.05, 0) is 82.8 Å². The molecule has 0 unspecified atom stereocenters. The summed E-state index contributed by atoms with van der Waals surface area (Å²) in [5.74, 6) is 2.54. The fourth-order valence-corrected chi connectivity index (χ4v) is 3.68. The first kappa shape index (κ1) is 26.7. The molecule has 8 heteroatoms. The molecule has 0 aliphatic rings. The standard InChI is InChI=1S/C25H32BrN3O3S/c1-6-10-27-25(33)29-28-16-19-14-21(26)24(23(15-19)30-7-2)32-12-11-31-22-13-18(5)8-9-20(22)17(3)4/h6,8-9,13-17H,1,7,10-12H2,2-5H3,(H2,27,29,33)/b28-16-. The number of thiocarbonyl (C=S) groups is 1. The van der Waals surface area contributed by atoms with Crippen LogP contribution in [0.25, 0.3) is 0 Å². The summed E-state index contributed by atoms with van der Waals surface area (Å²) < 4.78 is 18.6. The summed E-state index contributed by atoms with van der Waals surface area (Å²) in [5.41, 5.74) is 5.95. The lowest BCUT2D eigenvalue weighted by molar-refractivity contribution is 0.206. The molecule has 0 aliphatic carbocycles. The number of hydrogen-bond acceptors (Lipinski definition) is 5. The van der Waals surface area contributed by atoms with Gasteiger partial charge >= 0.3 is 0 Å². The van der Waals surface area contributed by atoms with Gasteiger partial charge in [0.2, 0.25) is 0 Å². The van der Waals surface area contributed by atoms with E-state index in [4.69, 9.17) is 26.4 Å². The molecule has 2 rings (SSSR count). The van der Waals surface area contributed by atoms with E-state index in [1.165, 1.54) is 11.1 Å². The van der Waals surface area contributed by atoms with Gasteiger partial charge in [0.15, 0.2) is 16.6 Å². The summed E-state index contributed by atoms with van der Waals surface area (Å²) >= 11 is 8.71. The minimum absolute atomic E-state index is 0.377. The fourth-order valence-electron chi connectivity index (χ4n) is 2.97. The highest BCUT2D eigenvalue weighted by Crippen LogP contribution is 2.36. The van der Waals surface area contributed by atoms with Crippen molar-refractivity contribution >= 4 is 39.5 Å². The van der Waals surface area contributed by atoms with Gasteiger partial charge in [0.25, 0.3) is 0 Å². The van der Waals surface area contributed by atoms with Gasteiger partial charge in [-0.25, -0.2) is 0 Å². The molecule has 0 saturated carbocycles. The van der Waals surface area contributed by atoms with Crippen molar-refractivity contribution in [1.82, 2.24) is 10.7 Å². The second-order valence-electron chi connectivity index (χ2n) is 7.52.